The summed E-state index contributed by atoms with van der Waals surface area (Å²) in [4.78, 5) is 23.9. The van der Waals surface area contributed by atoms with Crippen LogP contribution in [0, 0.1) is 6.92 Å². The number of halogens is 1. The van der Waals surface area contributed by atoms with Crippen molar-refractivity contribution in [3.8, 4) is 22.6 Å². The maximum absolute atomic E-state index is 12.0. The third-order valence-electron chi connectivity index (χ3n) is 4.17. The number of rotatable bonds is 7. The Hall–Kier alpha value is -3.32. The lowest BCUT2D eigenvalue weighted by atomic mass is 10.1. The fourth-order valence-electron chi connectivity index (χ4n) is 2.72. The Labute approximate surface area is 183 Å². The van der Waals surface area contributed by atoms with Crippen LogP contribution in [0.5, 0.6) is 11.5 Å². The van der Waals surface area contributed by atoms with Crippen LogP contribution in [-0.4, -0.2) is 25.0 Å². The Morgan fingerprint density at radius 1 is 0.800 bits per heavy atom. The van der Waals surface area contributed by atoms with Crippen LogP contribution in [0.4, 0.5) is 0 Å². The average molecular weight is 469 g/mol. The largest absolute Gasteiger partial charge is 0.483 e. The van der Waals surface area contributed by atoms with E-state index in [-0.39, 0.29) is 13.2 Å². The summed E-state index contributed by atoms with van der Waals surface area (Å²) in [6.07, 6.45) is 0. The van der Waals surface area contributed by atoms with Crippen LogP contribution in [0.3, 0.4) is 0 Å². The fourth-order valence-corrected chi connectivity index (χ4v) is 3.20. The molecule has 30 heavy (non-hydrogen) atoms. The summed E-state index contributed by atoms with van der Waals surface area (Å²) < 4.78 is 12.0. The number of amides is 2. The lowest BCUT2D eigenvalue weighted by Crippen LogP contribution is -2.45. The second-order valence-electron chi connectivity index (χ2n) is 6.45. The van der Waals surface area contributed by atoms with Crippen molar-refractivity contribution >= 4 is 27.7 Å². The minimum absolute atomic E-state index is 0.222. The molecule has 0 radical (unpaired) electrons. The Morgan fingerprint density at radius 3 is 2.07 bits per heavy atom. The van der Waals surface area contributed by atoms with Crippen LogP contribution >= 0.6 is 15.9 Å². The summed E-state index contributed by atoms with van der Waals surface area (Å²) in [5.41, 5.74) is 7.40. The van der Waals surface area contributed by atoms with E-state index in [0.29, 0.717) is 11.5 Å². The van der Waals surface area contributed by atoms with E-state index in [1.807, 2.05) is 67.6 Å². The van der Waals surface area contributed by atoms with Crippen LogP contribution in [0.2, 0.25) is 0 Å². The predicted octanol–water partition coefficient (Wildman–Crippen LogP) is 4.03. The molecule has 154 valence electrons. The van der Waals surface area contributed by atoms with Crippen molar-refractivity contribution in [2.75, 3.05) is 13.2 Å². The first-order chi connectivity index (χ1) is 14.5. The van der Waals surface area contributed by atoms with Crippen molar-refractivity contribution in [3.05, 3.63) is 82.8 Å². The highest BCUT2D eigenvalue weighted by atomic mass is 79.9. The van der Waals surface area contributed by atoms with Gasteiger partial charge in [0, 0.05) is 10.0 Å². The van der Waals surface area contributed by atoms with Crippen LogP contribution in [0.15, 0.2) is 77.3 Å². The molecule has 6 nitrogen and oxygen atoms in total. The zero-order valence-electron chi connectivity index (χ0n) is 16.4. The van der Waals surface area contributed by atoms with Gasteiger partial charge in [-0.3, -0.25) is 20.4 Å². The molecule has 0 unspecified atom stereocenters. The van der Waals surface area contributed by atoms with Gasteiger partial charge >= 0.3 is 0 Å². The molecule has 2 N–H and O–H groups in total. The molecular formula is C23H21BrN2O4. The molecule has 0 bridgehead atoms. The SMILES string of the molecule is Cc1cc(Br)ccc1OCC(=O)NNC(=O)COc1ccccc1-c1ccccc1. The van der Waals surface area contributed by atoms with E-state index in [9.17, 15) is 9.59 Å². The van der Waals surface area contributed by atoms with Gasteiger partial charge in [0.05, 0.1) is 0 Å². The third kappa shape index (κ3) is 6.09. The molecular weight excluding hydrogens is 448 g/mol. The lowest BCUT2D eigenvalue weighted by Gasteiger charge is -2.13. The molecule has 2 amide bonds. The van der Waals surface area contributed by atoms with Crippen molar-refractivity contribution in [2.45, 2.75) is 6.92 Å². The molecule has 0 atom stereocenters. The predicted molar refractivity (Wildman–Crippen MR) is 118 cm³/mol. The van der Waals surface area contributed by atoms with E-state index in [0.717, 1.165) is 21.2 Å². The molecule has 3 rings (SSSR count). The van der Waals surface area contributed by atoms with Crippen LogP contribution in [0.1, 0.15) is 5.56 Å². The summed E-state index contributed by atoms with van der Waals surface area (Å²) >= 11 is 3.37. The smallest absolute Gasteiger partial charge is 0.276 e. The molecule has 0 saturated carbocycles. The third-order valence-corrected chi connectivity index (χ3v) is 4.66. The second kappa shape index (κ2) is 10.5. The number of aryl methyl sites for hydroxylation is 1. The highest BCUT2D eigenvalue weighted by Crippen LogP contribution is 2.29. The number of benzene rings is 3. The number of hydrogen-bond donors (Lipinski definition) is 2. The minimum atomic E-state index is -0.481. The zero-order valence-corrected chi connectivity index (χ0v) is 17.9. The Balaban J connectivity index is 1.46. The van der Waals surface area contributed by atoms with E-state index in [2.05, 4.69) is 26.8 Å². The fraction of sp³-hybridized carbons (Fsp3) is 0.130. The topological polar surface area (TPSA) is 76.7 Å². The zero-order chi connectivity index (χ0) is 21.3. The van der Waals surface area contributed by atoms with Gasteiger partial charge in [-0.15, -0.1) is 0 Å². The number of carbonyl (C=O) groups is 2. The highest BCUT2D eigenvalue weighted by molar-refractivity contribution is 9.10. The molecule has 0 heterocycles. The first kappa shape index (κ1) is 21.4. The van der Waals surface area contributed by atoms with Crippen molar-refractivity contribution in [1.29, 1.82) is 0 Å². The minimum Gasteiger partial charge on any atom is -0.483 e. The number of para-hydroxylation sites is 1. The summed E-state index contributed by atoms with van der Waals surface area (Å²) in [6, 6.07) is 22.7. The standard InChI is InChI=1S/C23H21BrN2O4/c1-16-13-18(24)11-12-20(16)29-14-22(27)25-26-23(28)15-30-21-10-6-5-9-19(21)17-7-3-2-4-8-17/h2-13H,14-15H2,1H3,(H,25,27)(H,26,28). The molecule has 0 aromatic heterocycles. The van der Waals surface area contributed by atoms with Crippen LogP contribution < -0.4 is 20.3 Å². The van der Waals surface area contributed by atoms with Crippen molar-refractivity contribution < 1.29 is 19.1 Å². The first-order valence-electron chi connectivity index (χ1n) is 9.27. The van der Waals surface area contributed by atoms with Gasteiger partial charge in [0.15, 0.2) is 13.2 Å². The quantitative estimate of drug-likeness (QED) is 0.513. The van der Waals surface area contributed by atoms with E-state index < -0.39 is 11.8 Å². The number of nitrogens with one attached hydrogen (secondary N) is 2. The Bertz CT molecular complexity index is 1020. The van der Waals surface area contributed by atoms with Gasteiger partial charge in [-0.1, -0.05) is 64.5 Å². The Morgan fingerprint density at radius 2 is 1.40 bits per heavy atom. The summed E-state index contributed by atoms with van der Waals surface area (Å²) in [5, 5.41) is 0. The van der Waals surface area contributed by atoms with Gasteiger partial charge in [0.1, 0.15) is 11.5 Å². The highest BCUT2D eigenvalue weighted by Gasteiger charge is 2.10. The molecule has 7 heteroatoms. The molecule has 0 aliphatic rings. The monoisotopic (exact) mass is 468 g/mol. The molecule has 0 aliphatic carbocycles. The molecule has 0 spiro atoms. The van der Waals surface area contributed by atoms with Crippen molar-refractivity contribution in [2.24, 2.45) is 0 Å². The average Bonchev–Trinajstić information content (AvgIpc) is 2.76. The normalized spacial score (nSPS) is 10.2. The van der Waals surface area contributed by atoms with Crippen molar-refractivity contribution in [3.63, 3.8) is 0 Å². The van der Waals surface area contributed by atoms with E-state index in [4.69, 9.17) is 9.47 Å². The maximum Gasteiger partial charge on any atom is 0.276 e. The van der Waals surface area contributed by atoms with Crippen LogP contribution in [-0.2, 0) is 9.59 Å². The Kier molecular flexibility index (Phi) is 7.45. The number of ether oxygens (including phenoxy) is 2. The van der Waals surface area contributed by atoms with Crippen LogP contribution in [0.25, 0.3) is 11.1 Å². The number of hydrazine groups is 1. The lowest BCUT2D eigenvalue weighted by molar-refractivity contribution is -0.131. The molecule has 0 aliphatic heterocycles. The summed E-state index contributed by atoms with van der Waals surface area (Å²) in [6.45, 7) is 1.42. The number of carbonyl (C=O) groups excluding carboxylic acids is 2. The second-order valence-corrected chi connectivity index (χ2v) is 7.36. The summed E-state index contributed by atoms with van der Waals surface area (Å²) in [5.74, 6) is 0.223. The molecule has 0 saturated heterocycles. The van der Waals surface area contributed by atoms with Crippen molar-refractivity contribution in [1.82, 2.24) is 10.9 Å². The van der Waals surface area contributed by atoms with Gasteiger partial charge in [-0.25, -0.2) is 0 Å². The molecule has 0 fully saturated rings. The van der Waals surface area contributed by atoms with Gasteiger partial charge < -0.3 is 9.47 Å². The maximum atomic E-state index is 12.0. The molecule has 3 aromatic rings. The molecule has 3 aromatic carbocycles. The van der Waals surface area contributed by atoms with Gasteiger partial charge in [0.2, 0.25) is 0 Å². The number of hydrogen-bond acceptors (Lipinski definition) is 4. The van der Waals surface area contributed by atoms with E-state index in [1.54, 1.807) is 12.1 Å². The van der Waals surface area contributed by atoms with Gasteiger partial charge in [0.25, 0.3) is 11.8 Å². The van der Waals surface area contributed by atoms with Gasteiger partial charge in [-0.05, 0) is 42.3 Å². The first-order valence-corrected chi connectivity index (χ1v) is 10.1. The summed E-state index contributed by atoms with van der Waals surface area (Å²) in [7, 11) is 0. The van der Waals surface area contributed by atoms with E-state index >= 15 is 0 Å². The van der Waals surface area contributed by atoms with E-state index in [1.165, 1.54) is 0 Å². The van der Waals surface area contributed by atoms with Gasteiger partial charge in [-0.2, -0.15) is 0 Å².